The lowest BCUT2D eigenvalue weighted by atomic mass is 9.81. The largest absolute Gasteiger partial charge is 1.00 e. The molecule has 0 spiro atoms. The molecule has 1 unspecified atom stereocenters. The summed E-state index contributed by atoms with van der Waals surface area (Å²) in [6.07, 6.45) is 9.94. The van der Waals surface area contributed by atoms with Gasteiger partial charge in [-0.25, -0.2) is 0 Å². The number of para-hydroxylation sites is 3. The average Bonchev–Trinajstić information content (AvgIpc) is 3.41. The number of allylic oxidation sites excluding steroid dienone is 5. The Kier molecular flexibility index (Phi) is 11.4. The molecule has 3 aromatic rings. The van der Waals surface area contributed by atoms with Crippen molar-refractivity contribution < 1.29 is 31.3 Å². The van der Waals surface area contributed by atoms with Crippen LogP contribution >= 0.6 is 11.6 Å². The standard InChI is InChI=1S/C42H46ClN2O3.ClH/c1-41(2)33-18-9-11-20-35(33)44(5)37(41)24-22-30-14-13-15-31(40(30)43)23-25-38-42(3,4)34-19-10-12-21-36(34)45(38)27-29-47-28-26-39(46)48-32-16-7-6-8-17-32;/h6-12,16-24,31H,13-15,26-29H2,1-5H3;1H/q+1;/p-1/b24-22+;. The Morgan fingerprint density at radius 2 is 1.63 bits per heavy atom. The Hall–Kier alpha value is -3.86. The van der Waals surface area contributed by atoms with E-state index in [0.29, 0.717) is 25.5 Å². The first kappa shape index (κ1) is 36.4. The van der Waals surface area contributed by atoms with E-state index >= 15 is 0 Å². The van der Waals surface area contributed by atoms with Crippen molar-refractivity contribution >= 4 is 34.7 Å². The summed E-state index contributed by atoms with van der Waals surface area (Å²) in [7, 11) is 2.15. The van der Waals surface area contributed by atoms with E-state index in [0.717, 1.165) is 30.0 Å². The molecule has 0 bridgehead atoms. The van der Waals surface area contributed by atoms with Gasteiger partial charge in [-0.2, -0.15) is 4.58 Å². The Labute approximate surface area is 302 Å². The topological polar surface area (TPSA) is 41.8 Å². The maximum absolute atomic E-state index is 12.3. The van der Waals surface area contributed by atoms with Gasteiger partial charge in [0.25, 0.3) is 0 Å². The second-order valence-electron chi connectivity index (χ2n) is 13.9. The summed E-state index contributed by atoms with van der Waals surface area (Å²) in [5, 5.41) is 0.910. The fraction of sp³-hybridized carbons (Fsp3) is 0.357. The molecule has 256 valence electrons. The fourth-order valence-electron chi connectivity index (χ4n) is 7.37. The number of benzene rings is 3. The summed E-state index contributed by atoms with van der Waals surface area (Å²) in [6, 6.07) is 26.3. The van der Waals surface area contributed by atoms with E-state index < -0.39 is 0 Å². The van der Waals surface area contributed by atoms with Crippen molar-refractivity contribution in [1.82, 2.24) is 0 Å². The van der Waals surface area contributed by atoms with Crippen LogP contribution in [-0.2, 0) is 20.4 Å². The number of carbonyl (C=O) groups excluding carboxylic acids is 1. The van der Waals surface area contributed by atoms with Crippen molar-refractivity contribution in [3.8, 4) is 5.75 Å². The molecule has 3 aromatic carbocycles. The number of rotatable bonds is 10. The van der Waals surface area contributed by atoms with Gasteiger partial charge in [0.2, 0.25) is 5.69 Å². The smallest absolute Gasteiger partial charge is 0.313 e. The van der Waals surface area contributed by atoms with Crippen LogP contribution in [0.1, 0.15) is 64.5 Å². The Balaban J connectivity index is 0.00000468. The first-order valence-electron chi connectivity index (χ1n) is 17.0. The molecule has 1 atom stereocenters. The highest BCUT2D eigenvalue weighted by Crippen LogP contribution is 2.47. The molecule has 0 saturated heterocycles. The minimum absolute atomic E-state index is 0. The molecule has 2 heterocycles. The van der Waals surface area contributed by atoms with Crippen molar-refractivity contribution in [2.75, 3.05) is 31.7 Å². The number of hydrogen-bond acceptors (Lipinski definition) is 4. The maximum Gasteiger partial charge on any atom is 0.313 e. The van der Waals surface area contributed by atoms with Crippen LogP contribution in [0.15, 0.2) is 119 Å². The zero-order chi connectivity index (χ0) is 33.9. The predicted octanol–water partition coefficient (Wildman–Crippen LogP) is 6.39. The van der Waals surface area contributed by atoms with Gasteiger partial charge < -0.3 is 26.8 Å². The lowest BCUT2D eigenvalue weighted by molar-refractivity contribution is -0.401. The molecular weight excluding hydrogens is 651 g/mol. The highest BCUT2D eigenvalue weighted by molar-refractivity contribution is 6.30. The van der Waals surface area contributed by atoms with Crippen molar-refractivity contribution in [3.05, 3.63) is 130 Å². The van der Waals surface area contributed by atoms with Gasteiger partial charge in [0.05, 0.1) is 30.7 Å². The molecule has 6 rings (SSSR count). The lowest BCUT2D eigenvalue weighted by Gasteiger charge is -2.26. The third-order valence-electron chi connectivity index (χ3n) is 10.0. The molecule has 0 amide bonds. The van der Waals surface area contributed by atoms with E-state index in [4.69, 9.17) is 21.1 Å². The molecule has 0 N–H and O–H groups in total. The van der Waals surface area contributed by atoms with E-state index in [-0.39, 0.29) is 41.5 Å². The van der Waals surface area contributed by atoms with E-state index in [2.05, 4.69) is 117 Å². The van der Waals surface area contributed by atoms with Crippen molar-refractivity contribution in [3.63, 3.8) is 0 Å². The molecular formula is C42H46Cl2N2O3. The van der Waals surface area contributed by atoms with Crippen molar-refractivity contribution in [1.29, 1.82) is 0 Å². The Morgan fingerprint density at radius 3 is 2.39 bits per heavy atom. The van der Waals surface area contributed by atoms with Crippen LogP contribution in [0.25, 0.3) is 0 Å². The van der Waals surface area contributed by atoms with E-state index in [1.807, 2.05) is 18.2 Å². The number of anilines is 1. The molecule has 49 heavy (non-hydrogen) atoms. The molecule has 0 aromatic heterocycles. The van der Waals surface area contributed by atoms with E-state index in [9.17, 15) is 4.79 Å². The van der Waals surface area contributed by atoms with Gasteiger partial charge in [-0.3, -0.25) is 4.79 Å². The SMILES string of the molecule is C[N+]1=C(/C=C/C2=C(Cl)C(C=C=C3N(CCOCCC(=O)Oc4ccccc4)c4ccccc4C3(C)C)CCC2)C(C)(C)c2ccccc21.[Cl-]. The number of carbonyl (C=O) groups is 1. The fourth-order valence-corrected chi connectivity index (χ4v) is 7.70. The second-order valence-corrected chi connectivity index (χ2v) is 14.3. The zero-order valence-electron chi connectivity index (χ0n) is 29.1. The van der Waals surface area contributed by atoms with Crippen LogP contribution < -0.4 is 22.0 Å². The van der Waals surface area contributed by atoms with Crippen molar-refractivity contribution in [2.24, 2.45) is 5.92 Å². The molecule has 2 aliphatic heterocycles. The molecule has 0 radical (unpaired) electrons. The van der Waals surface area contributed by atoms with Gasteiger partial charge in [-0.15, -0.1) is 5.73 Å². The summed E-state index contributed by atoms with van der Waals surface area (Å²) in [5.74, 6) is 0.357. The van der Waals surface area contributed by atoms with Crippen molar-refractivity contribution in [2.45, 2.75) is 64.2 Å². The normalized spacial score (nSPS) is 19.0. The number of nitrogens with zero attached hydrogens (tertiary/aromatic N) is 2. The van der Waals surface area contributed by atoms with Crippen LogP contribution in [-0.4, -0.2) is 43.1 Å². The summed E-state index contributed by atoms with van der Waals surface area (Å²) in [4.78, 5) is 14.6. The number of fused-ring (bicyclic) bond motifs is 2. The Morgan fingerprint density at radius 1 is 0.939 bits per heavy atom. The van der Waals surface area contributed by atoms with E-state index in [1.54, 1.807) is 12.1 Å². The van der Waals surface area contributed by atoms with Crippen LogP contribution in [0.2, 0.25) is 0 Å². The number of ether oxygens (including phenoxy) is 2. The summed E-state index contributed by atoms with van der Waals surface area (Å²) in [6.45, 7) is 10.5. The minimum Gasteiger partial charge on any atom is -1.00 e. The quantitative estimate of drug-likeness (QED) is 0.0810. The second kappa shape index (κ2) is 15.4. The summed E-state index contributed by atoms with van der Waals surface area (Å²) >= 11 is 7.16. The summed E-state index contributed by atoms with van der Waals surface area (Å²) in [5.41, 5.74) is 12.1. The number of esters is 1. The van der Waals surface area contributed by atoms with Crippen LogP contribution in [0.4, 0.5) is 11.4 Å². The monoisotopic (exact) mass is 696 g/mol. The van der Waals surface area contributed by atoms with E-state index in [1.165, 1.54) is 33.8 Å². The highest BCUT2D eigenvalue weighted by Gasteiger charge is 2.43. The van der Waals surface area contributed by atoms with Crippen LogP contribution in [0.3, 0.4) is 0 Å². The first-order chi connectivity index (χ1) is 23.1. The van der Waals surface area contributed by atoms with Crippen LogP contribution in [0, 0.1) is 5.92 Å². The summed E-state index contributed by atoms with van der Waals surface area (Å²) < 4.78 is 13.6. The molecule has 5 nitrogen and oxygen atoms in total. The third kappa shape index (κ3) is 7.51. The van der Waals surface area contributed by atoms with Gasteiger partial charge in [0.15, 0.2) is 5.71 Å². The predicted molar refractivity (Wildman–Crippen MR) is 196 cm³/mol. The molecule has 3 aliphatic rings. The lowest BCUT2D eigenvalue weighted by Crippen LogP contribution is -3.00. The maximum atomic E-state index is 12.3. The molecule has 1 aliphatic carbocycles. The number of halogens is 2. The molecule has 7 heteroatoms. The Bertz CT molecular complexity index is 1850. The van der Waals surface area contributed by atoms with Gasteiger partial charge in [0.1, 0.15) is 12.8 Å². The highest BCUT2D eigenvalue weighted by atomic mass is 35.5. The van der Waals surface area contributed by atoms with Crippen LogP contribution in [0.5, 0.6) is 5.75 Å². The van der Waals surface area contributed by atoms with Gasteiger partial charge in [-0.05, 0) is 82.4 Å². The molecule has 0 saturated carbocycles. The minimum atomic E-state index is -0.299. The van der Waals surface area contributed by atoms with Gasteiger partial charge in [0, 0.05) is 46.3 Å². The zero-order valence-corrected chi connectivity index (χ0v) is 30.7. The average molecular weight is 698 g/mol. The third-order valence-corrected chi connectivity index (χ3v) is 10.5. The number of hydrogen-bond donors (Lipinski definition) is 0. The first-order valence-corrected chi connectivity index (χ1v) is 17.4. The van der Waals surface area contributed by atoms with Gasteiger partial charge >= 0.3 is 5.97 Å². The molecule has 0 fully saturated rings. The van der Waals surface area contributed by atoms with Gasteiger partial charge in [-0.1, -0.05) is 72.3 Å².